The second-order valence-electron chi connectivity index (χ2n) is 6.75. The van der Waals surface area contributed by atoms with E-state index >= 15 is 0 Å². The van der Waals surface area contributed by atoms with Gasteiger partial charge in [-0.25, -0.2) is 0 Å². The van der Waals surface area contributed by atoms with Crippen molar-refractivity contribution < 1.29 is 14.6 Å². The van der Waals surface area contributed by atoms with Crippen molar-refractivity contribution in [2.75, 3.05) is 12.4 Å². The largest absolute Gasteiger partial charge is 0.489 e. The fraction of sp³-hybridized carbons (Fsp3) is 0.208. The minimum Gasteiger partial charge on any atom is -0.489 e. The van der Waals surface area contributed by atoms with Gasteiger partial charge in [-0.05, 0) is 28.8 Å². The first-order valence-electron chi connectivity index (χ1n) is 9.48. The SMILES string of the molecule is O=C(CCl)N(Cc1ccccc1)C[C@H](O)c1ccc(OCc2ccccc2)cc1. The van der Waals surface area contributed by atoms with E-state index < -0.39 is 6.10 Å². The Morgan fingerprint density at radius 3 is 2.07 bits per heavy atom. The summed E-state index contributed by atoms with van der Waals surface area (Å²) in [6.07, 6.45) is -0.811. The molecule has 0 aliphatic rings. The van der Waals surface area contributed by atoms with Gasteiger partial charge in [0.25, 0.3) is 0 Å². The molecule has 1 amide bonds. The lowest BCUT2D eigenvalue weighted by Crippen LogP contribution is -2.35. The van der Waals surface area contributed by atoms with Crippen LogP contribution in [0.5, 0.6) is 5.75 Å². The molecule has 0 saturated carbocycles. The van der Waals surface area contributed by atoms with Gasteiger partial charge in [-0.1, -0.05) is 72.8 Å². The Morgan fingerprint density at radius 2 is 1.48 bits per heavy atom. The molecule has 5 heteroatoms. The van der Waals surface area contributed by atoms with Gasteiger partial charge in [-0.15, -0.1) is 11.6 Å². The molecule has 1 N–H and O–H groups in total. The number of nitrogens with zero attached hydrogens (tertiary/aromatic N) is 1. The van der Waals surface area contributed by atoms with Crippen LogP contribution in [0.15, 0.2) is 84.9 Å². The highest BCUT2D eigenvalue weighted by Crippen LogP contribution is 2.21. The number of alkyl halides is 1. The van der Waals surface area contributed by atoms with Crippen molar-refractivity contribution in [1.82, 2.24) is 4.90 Å². The van der Waals surface area contributed by atoms with E-state index in [0.29, 0.717) is 13.2 Å². The number of hydrogen-bond donors (Lipinski definition) is 1. The van der Waals surface area contributed by atoms with E-state index in [4.69, 9.17) is 16.3 Å². The van der Waals surface area contributed by atoms with Crippen LogP contribution in [0.4, 0.5) is 0 Å². The Bertz CT molecular complexity index is 885. The van der Waals surface area contributed by atoms with E-state index in [1.807, 2.05) is 84.9 Å². The quantitative estimate of drug-likeness (QED) is 0.527. The Kier molecular flexibility index (Phi) is 7.68. The lowest BCUT2D eigenvalue weighted by atomic mass is 10.1. The van der Waals surface area contributed by atoms with Crippen LogP contribution in [0.3, 0.4) is 0 Å². The summed E-state index contributed by atoms with van der Waals surface area (Å²) in [6, 6.07) is 26.9. The van der Waals surface area contributed by atoms with Crippen molar-refractivity contribution >= 4 is 17.5 Å². The molecule has 0 unspecified atom stereocenters. The van der Waals surface area contributed by atoms with Gasteiger partial charge in [0.15, 0.2) is 0 Å². The zero-order valence-corrected chi connectivity index (χ0v) is 16.8. The molecule has 0 bridgehead atoms. The van der Waals surface area contributed by atoms with Crippen LogP contribution in [-0.2, 0) is 17.9 Å². The summed E-state index contributed by atoms with van der Waals surface area (Å²) in [5.74, 6) is 0.395. The average molecular weight is 410 g/mol. The molecule has 3 rings (SSSR count). The highest BCUT2D eigenvalue weighted by Gasteiger charge is 2.18. The molecule has 3 aromatic rings. The fourth-order valence-corrected chi connectivity index (χ4v) is 3.15. The molecule has 1 atom stereocenters. The van der Waals surface area contributed by atoms with E-state index in [2.05, 4.69) is 0 Å². The summed E-state index contributed by atoms with van der Waals surface area (Å²) in [4.78, 5) is 13.8. The van der Waals surface area contributed by atoms with Gasteiger partial charge in [-0.3, -0.25) is 4.79 Å². The van der Waals surface area contributed by atoms with Crippen molar-refractivity contribution in [1.29, 1.82) is 0 Å². The van der Waals surface area contributed by atoms with E-state index in [-0.39, 0.29) is 18.3 Å². The van der Waals surface area contributed by atoms with Crippen LogP contribution in [0, 0.1) is 0 Å². The van der Waals surface area contributed by atoms with Crippen molar-refractivity contribution in [3.8, 4) is 5.75 Å². The number of rotatable bonds is 9. The minimum atomic E-state index is -0.811. The molecular weight excluding hydrogens is 386 g/mol. The summed E-state index contributed by atoms with van der Waals surface area (Å²) in [5.41, 5.74) is 2.80. The third kappa shape index (κ3) is 6.34. The second-order valence-corrected chi connectivity index (χ2v) is 7.02. The number of carbonyl (C=O) groups is 1. The first-order valence-corrected chi connectivity index (χ1v) is 10.0. The van der Waals surface area contributed by atoms with Crippen molar-refractivity contribution in [3.05, 3.63) is 102 Å². The molecule has 0 fully saturated rings. The van der Waals surface area contributed by atoms with E-state index in [9.17, 15) is 9.90 Å². The van der Waals surface area contributed by atoms with Crippen LogP contribution < -0.4 is 4.74 Å². The van der Waals surface area contributed by atoms with Crippen LogP contribution in [-0.4, -0.2) is 28.3 Å². The molecule has 150 valence electrons. The lowest BCUT2D eigenvalue weighted by Gasteiger charge is -2.25. The fourth-order valence-electron chi connectivity index (χ4n) is 2.98. The third-order valence-corrected chi connectivity index (χ3v) is 4.82. The molecule has 0 aromatic heterocycles. The standard InChI is InChI=1S/C24H24ClNO3/c25-15-24(28)26(16-19-7-3-1-4-8-19)17-23(27)21-11-13-22(14-12-21)29-18-20-9-5-2-6-10-20/h1-14,23,27H,15-18H2/t23-/m0/s1. The first-order chi connectivity index (χ1) is 14.2. The van der Waals surface area contributed by atoms with Crippen molar-refractivity contribution in [2.24, 2.45) is 0 Å². The molecule has 0 heterocycles. The number of halogens is 1. The molecule has 0 aliphatic carbocycles. The van der Waals surface area contributed by atoms with E-state index in [1.54, 1.807) is 4.90 Å². The zero-order valence-electron chi connectivity index (χ0n) is 16.1. The molecule has 0 spiro atoms. The maximum atomic E-state index is 12.2. The lowest BCUT2D eigenvalue weighted by molar-refractivity contribution is -0.130. The normalized spacial score (nSPS) is 11.7. The Morgan fingerprint density at radius 1 is 0.897 bits per heavy atom. The van der Waals surface area contributed by atoms with Crippen LogP contribution in [0.1, 0.15) is 22.8 Å². The first kappa shape index (κ1) is 20.9. The van der Waals surface area contributed by atoms with Crippen molar-refractivity contribution in [3.63, 3.8) is 0 Å². The molecule has 29 heavy (non-hydrogen) atoms. The maximum absolute atomic E-state index is 12.2. The van der Waals surface area contributed by atoms with Crippen molar-refractivity contribution in [2.45, 2.75) is 19.3 Å². The molecule has 0 radical (unpaired) electrons. The number of aliphatic hydroxyl groups is 1. The summed E-state index contributed by atoms with van der Waals surface area (Å²) in [5, 5.41) is 10.6. The van der Waals surface area contributed by atoms with Gasteiger partial charge in [-0.2, -0.15) is 0 Å². The molecular formula is C24H24ClNO3. The number of amides is 1. The van der Waals surface area contributed by atoms with Crippen LogP contribution in [0.2, 0.25) is 0 Å². The Labute approximate surface area is 176 Å². The molecule has 3 aromatic carbocycles. The molecule has 0 aliphatic heterocycles. The van der Waals surface area contributed by atoms with Gasteiger partial charge in [0.1, 0.15) is 18.2 Å². The topological polar surface area (TPSA) is 49.8 Å². The maximum Gasteiger partial charge on any atom is 0.237 e. The molecule has 4 nitrogen and oxygen atoms in total. The van der Waals surface area contributed by atoms with E-state index in [0.717, 1.165) is 22.4 Å². The summed E-state index contributed by atoms with van der Waals surface area (Å²) in [7, 11) is 0. The van der Waals surface area contributed by atoms with Gasteiger partial charge < -0.3 is 14.7 Å². The van der Waals surface area contributed by atoms with Gasteiger partial charge in [0.05, 0.1) is 12.6 Å². The average Bonchev–Trinajstić information content (AvgIpc) is 2.78. The predicted octanol–water partition coefficient (Wildman–Crippen LogP) is 4.57. The highest BCUT2D eigenvalue weighted by atomic mass is 35.5. The molecule has 0 saturated heterocycles. The van der Waals surface area contributed by atoms with Gasteiger partial charge >= 0.3 is 0 Å². The number of carbonyl (C=O) groups excluding carboxylic acids is 1. The summed E-state index contributed by atoms with van der Waals surface area (Å²) < 4.78 is 5.78. The highest BCUT2D eigenvalue weighted by molar-refractivity contribution is 6.27. The van der Waals surface area contributed by atoms with Gasteiger partial charge in [0, 0.05) is 6.54 Å². The Balaban J connectivity index is 1.60. The second kappa shape index (κ2) is 10.6. The van der Waals surface area contributed by atoms with Crippen LogP contribution >= 0.6 is 11.6 Å². The monoisotopic (exact) mass is 409 g/mol. The third-order valence-electron chi connectivity index (χ3n) is 4.59. The number of hydrogen-bond acceptors (Lipinski definition) is 3. The van der Waals surface area contributed by atoms with Gasteiger partial charge in [0.2, 0.25) is 5.91 Å². The summed E-state index contributed by atoms with van der Waals surface area (Å²) in [6.45, 7) is 1.06. The minimum absolute atomic E-state index is 0.119. The number of benzene rings is 3. The smallest absolute Gasteiger partial charge is 0.237 e. The van der Waals surface area contributed by atoms with E-state index in [1.165, 1.54) is 0 Å². The Hall–Kier alpha value is -2.82. The number of aliphatic hydroxyl groups excluding tert-OH is 1. The number of ether oxygens (including phenoxy) is 1. The summed E-state index contributed by atoms with van der Waals surface area (Å²) >= 11 is 5.76. The predicted molar refractivity (Wildman–Crippen MR) is 115 cm³/mol. The van der Waals surface area contributed by atoms with Crippen LogP contribution in [0.25, 0.3) is 0 Å². The zero-order chi connectivity index (χ0) is 20.5.